The summed E-state index contributed by atoms with van der Waals surface area (Å²) in [6.07, 6.45) is 0.841. The molecule has 0 amide bonds. The monoisotopic (exact) mass is 228 g/mol. The Morgan fingerprint density at radius 3 is 2.18 bits per heavy atom. The molecule has 0 fully saturated rings. The quantitative estimate of drug-likeness (QED) is 0.730. The highest BCUT2D eigenvalue weighted by Gasteiger charge is 2.15. The molecule has 0 saturated heterocycles. The van der Waals surface area contributed by atoms with Crippen LogP contribution in [0.2, 0.25) is 0 Å². The summed E-state index contributed by atoms with van der Waals surface area (Å²) in [6, 6.07) is 11.7. The molecule has 0 aliphatic carbocycles. The lowest BCUT2D eigenvalue weighted by atomic mass is 10.1. The van der Waals surface area contributed by atoms with Gasteiger partial charge in [-0.3, -0.25) is 4.79 Å². The molecule has 0 atom stereocenters. The lowest BCUT2D eigenvalue weighted by Crippen LogP contribution is -2.23. The molecule has 0 saturated carbocycles. The standard InChI is InChI=1S/C15H16O2/c1-15(2,3)17-14-9-12-7-5-4-6-11(12)8-13(14)10-16/h4-10H,1-3H3. The first-order valence-electron chi connectivity index (χ1n) is 5.66. The maximum atomic E-state index is 11.1. The maximum Gasteiger partial charge on any atom is 0.153 e. The summed E-state index contributed by atoms with van der Waals surface area (Å²) in [5.41, 5.74) is 0.291. The van der Waals surface area contributed by atoms with E-state index >= 15 is 0 Å². The summed E-state index contributed by atoms with van der Waals surface area (Å²) in [5.74, 6) is 0.645. The van der Waals surface area contributed by atoms with Gasteiger partial charge in [0, 0.05) is 0 Å². The number of benzene rings is 2. The van der Waals surface area contributed by atoms with Gasteiger partial charge in [-0.25, -0.2) is 0 Å². The molecular formula is C15H16O2. The normalized spacial score (nSPS) is 11.5. The first-order chi connectivity index (χ1) is 7.99. The Morgan fingerprint density at radius 1 is 1.06 bits per heavy atom. The van der Waals surface area contributed by atoms with Crippen molar-refractivity contribution >= 4 is 17.1 Å². The van der Waals surface area contributed by atoms with Crippen LogP contribution in [-0.2, 0) is 0 Å². The van der Waals surface area contributed by atoms with Gasteiger partial charge in [0.2, 0.25) is 0 Å². The third-order valence-electron chi connectivity index (χ3n) is 2.42. The minimum absolute atomic E-state index is 0.305. The number of ether oxygens (including phenoxy) is 1. The summed E-state index contributed by atoms with van der Waals surface area (Å²) >= 11 is 0. The van der Waals surface area contributed by atoms with Gasteiger partial charge in [0.15, 0.2) is 6.29 Å². The fraction of sp³-hybridized carbons (Fsp3) is 0.267. The molecule has 0 heterocycles. The molecule has 0 radical (unpaired) electrons. The summed E-state index contributed by atoms with van der Waals surface area (Å²) < 4.78 is 5.80. The van der Waals surface area contributed by atoms with E-state index in [2.05, 4.69) is 0 Å². The first kappa shape index (κ1) is 11.6. The molecule has 2 aromatic carbocycles. The molecule has 2 rings (SSSR count). The summed E-state index contributed by atoms with van der Waals surface area (Å²) in [4.78, 5) is 11.1. The van der Waals surface area contributed by atoms with Crippen LogP contribution >= 0.6 is 0 Å². The van der Waals surface area contributed by atoms with Crippen LogP contribution in [-0.4, -0.2) is 11.9 Å². The van der Waals surface area contributed by atoms with E-state index in [1.807, 2.05) is 57.2 Å². The molecule has 2 heteroatoms. The van der Waals surface area contributed by atoms with Crippen LogP contribution in [0.3, 0.4) is 0 Å². The first-order valence-corrected chi connectivity index (χ1v) is 5.66. The Labute approximate surface area is 101 Å². The number of fused-ring (bicyclic) bond motifs is 1. The largest absolute Gasteiger partial charge is 0.487 e. The van der Waals surface area contributed by atoms with E-state index < -0.39 is 0 Å². The zero-order valence-electron chi connectivity index (χ0n) is 10.4. The van der Waals surface area contributed by atoms with Crippen molar-refractivity contribution in [3.63, 3.8) is 0 Å². The predicted molar refractivity (Wildman–Crippen MR) is 69.7 cm³/mol. The van der Waals surface area contributed by atoms with E-state index in [0.717, 1.165) is 17.1 Å². The molecular weight excluding hydrogens is 212 g/mol. The van der Waals surface area contributed by atoms with E-state index in [0.29, 0.717) is 11.3 Å². The molecule has 0 bridgehead atoms. The second-order valence-corrected chi connectivity index (χ2v) is 5.07. The van der Waals surface area contributed by atoms with E-state index in [4.69, 9.17) is 4.74 Å². The van der Waals surface area contributed by atoms with Crippen molar-refractivity contribution in [2.75, 3.05) is 0 Å². The Kier molecular flexibility index (Phi) is 2.88. The Hall–Kier alpha value is -1.83. The minimum Gasteiger partial charge on any atom is -0.487 e. The highest BCUT2D eigenvalue weighted by Crippen LogP contribution is 2.27. The van der Waals surface area contributed by atoms with Crippen LogP contribution in [0, 0.1) is 0 Å². The number of hydrogen-bond donors (Lipinski definition) is 0. The number of hydrogen-bond acceptors (Lipinski definition) is 2. The van der Waals surface area contributed by atoms with Crippen LogP contribution in [0.5, 0.6) is 5.75 Å². The van der Waals surface area contributed by atoms with Gasteiger partial charge in [0.05, 0.1) is 5.56 Å². The minimum atomic E-state index is -0.305. The van der Waals surface area contributed by atoms with Gasteiger partial charge in [0.1, 0.15) is 11.4 Å². The second-order valence-electron chi connectivity index (χ2n) is 5.07. The van der Waals surface area contributed by atoms with Gasteiger partial charge in [-0.2, -0.15) is 0 Å². The molecule has 2 nitrogen and oxygen atoms in total. The highest BCUT2D eigenvalue weighted by molar-refractivity contribution is 5.92. The molecule has 0 N–H and O–H groups in total. The van der Waals surface area contributed by atoms with Crippen LogP contribution in [0.1, 0.15) is 31.1 Å². The van der Waals surface area contributed by atoms with E-state index in [1.54, 1.807) is 0 Å². The van der Waals surface area contributed by atoms with Gasteiger partial charge in [0.25, 0.3) is 0 Å². The second kappa shape index (κ2) is 4.21. The van der Waals surface area contributed by atoms with Gasteiger partial charge in [-0.15, -0.1) is 0 Å². The molecule has 17 heavy (non-hydrogen) atoms. The van der Waals surface area contributed by atoms with Crippen LogP contribution in [0.15, 0.2) is 36.4 Å². The average molecular weight is 228 g/mol. The van der Waals surface area contributed by atoms with Crippen LogP contribution in [0.4, 0.5) is 0 Å². The fourth-order valence-electron chi connectivity index (χ4n) is 1.75. The molecule has 0 aliphatic heterocycles. The molecule has 0 aliphatic rings. The third-order valence-corrected chi connectivity index (χ3v) is 2.42. The molecule has 0 unspecified atom stereocenters. The average Bonchev–Trinajstić information content (AvgIpc) is 2.26. The fourth-order valence-corrected chi connectivity index (χ4v) is 1.75. The number of carbonyl (C=O) groups excluding carboxylic acids is 1. The van der Waals surface area contributed by atoms with Gasteiger partial charge in [-0.05, 0) is 43.7 Å². The van der Waals surface area contributed by atoms with Crippen molar-refractivity contribution in [3.8, 4) is 5.75 Å². The van der Waals surface area contributed by atoms with Crippen molar-refractivity contribution in [1.82, 2.24) is 0 Å². The molecule has 88 valence electrons. The maximum absolute atomic E-state index is 11.1. The zero-order valence-corrected chi connectivity index (χ0v) is 10.4. The Morgan fingerprint density at radius 2 is 1.65 bits per heavy atom. The van der Waals surface area contributed by atoms with Crippen LogP contribution in [0.25, 0.3) is 10.8 Å². The van der Waals surface area contributed by atoms with Crippen molar-refractivity contribution in [1.29, 1.82) is 0 Å². The van der Waals surface area contributed by atoms with E-state index in [9.17, 15) is 4.79 Å². The smallest absolute Gasteiger partial charge is 0.153 e. The number of aldehydes is 1. The summed E-state index contributed by atoms with van der Waals surface area (Å²) in [6.45, 7) is 5.91. The van der Waals surface area contributed by atoms with Crippen molar-refractivity contribution in [2.24, 2.45) is 0 Å². The van der Waals surface area contributed by atoms with Gasteiger partial charge < -0.3 is 4.74 Å². The molecule has 2 aromatic rings. The van der Waals surface area contributed by atoms with Crippen molar-refractivity contribution in [3.05, 3.63) is 42.0 Å². The predicted octanol–water partition coefficient (Wildman–Crippen LogP) is 3.83. The van der Waals surface area contributed by atoms with Crippen molar-refractivity contribution < 1.29 is 9.53 Å². The summed E-state index contributed by atoms with van der Waals surface area (Å²) in [5, 5.41) is 2.13. The summed E-state index contributed by atoms with van der Waals surface area (Å²) in [7, 11) is 0. The van der Waals surface area contributed by atoms with Crippen molar-refractivity contribution in [2.45, 2.75) is 26.4 Å². The lowest BCUT2D eigenvalue weighted by Gasteiger charge is -2.22. The topological polar surface area (TPSA) is 26.3 Å². The highest BCUT2D eigenvalue weighted by atomic mass is 16.5. The van der Waals surface area contributed by atoms with E-state index in [-0.39, 0.29) is 5.60 Å². The van der Waals surface area contributed by atoms with E-state index in [1.165, 1.54) is 0 Å². The Balaban J connectivity index is 2.57. The Bertz CT molecular complexity index is 550. The number of carbonyl (C=O) groups is 1. The number of rotatable bonds is 2. The van der Waals surface area contributed by atoms with Crippen LogP contribution < -0.4 is 4.74 Å². The SMILES string of the molecule is CC(C)(C)Oc1cc2ccccc2cc1C=O. The van der Waals surface area contributed by atoms with Gasteiger partial charge in [-0.1, -0.05) is 24.3 Å². The lowest BCUT2D eigenvalue weighted by molar-refractivity contribution is 0.109. The third kappa shape index (κ3) is 2.64. The van der Waals surface area contributed by atoms with Gasteiger partial charge >= 0.3 is 0 Å². The zero-order chi connectivity index (χ0) is 12.5. The molecule has 0 aromatic heterocycles. The molecule has 0 spiro atoms.